The van der Waals surface area contributed by atoms with E-state index in [-0.39, 0.29) is 17.3 Å². The van der Waals surface area contributed by atoms with E-state index in [0.717, 1.165) is 6.07 Å². The van der Waals surface area contributed by atoms with Gasteiger partial charge in [-0.2, -0.15) is 0 Å². The Morgan fingerprint density at radius 2 is 1.86 bits per heavy atom. The van der Waals surface area contributed by atoms with Gasteiger partial charge in [-0.3, -0.25) is 9.59 Å². The molecule has 1 rings (SSSR count). The number of carbonyl (C=O) groups excluding carboxylic acids is 1. The van der Waals surface area contributed by atoms with Gasteiger partial charge in [0.2, 0.25) is 5.09 Å². The van der Waals surface area contributed by atoms with E-state index >= 15 is 0 Å². The summed E-state index contributed by atoms with van der Waals surface area (Å²) in [6, 6.07) is 2.40. The van der Waals surface area contributed by atoms with Crippen molar-refractivity contribution in [1.29, 1.82) is 0 Å². The average molecular weight is 332 g/mol. The maximum absolute atomic E-state index is 12.2. The summed E-state index contributed by atoms with van der Waals surface area (Å²) in [5, 5.41) is 11.2. The van der Waals surface area contributed by atoms with Crippen molar-refractivity contribution in [3.8, 4) is 0 Å². The summed E-state index contributed by atoms with van der Waals surface area (Å²) in [5.41, 5.74) is -0.905. The van der Waals surface area contributed by atoms with Crippen LogP contribution >= 0.6 is 0 Å². The predicted octanol–water partition coefficient (Wildman–Crippen LogP) is 0.951. The summed E-state index contributed by atoms with van der Waals surface area (Å²) in [7, 11) is -2.55. The number of nitrogens with one attached hydrogen (secondary N) is 2. The van der Waals surface area contributed by atoms with Gasteiger partial charge < -0.3 is 14.8 Å². The van der Waals surface area contributed by atoms with E-state index in [0.29, 0.717) is 12.8 Å². The summed E-state index contributed by atoms with van der Waals surface area (Å²) in [6.45, 7) is 3.54. The third-order valence-corrected chi connectivity index (χ3v) is 4.85. The van der Waals surface area contributed by atoms with Crippen LogP contribution in [0.3, 0.4) is 0 Å². The van der Waals surface area contributed by atoms with E-state index in [1.54, 1.807) is 13.8 Å². The van der Waals surface area contributed by atoms with Crippen molar-refractivity contribution in [1.82, 2.24) is 10.0 Å². The second kappa shape index (κ2) is 6.93. The number of carboxylic acid groups (broad SMARTS) is 1. The van der Waals surface area contributed by atoms with E-state index in [4.69, 9.17) is 9.52 Å². The lowest BCUT2D eigenvalue weighted by atomic mass is 9.89. The van der Waals surface area contributed by atoms with E-state index in [9.17, 15) is 18.0 Å². The zero-order valence-electron chi connectivity index (χ0n) is 12.7. The van der Waals surface area contributed by atoms with Gasteiger partial charge in [-0.1, -0.05) is 13.8 Å². The molecule has 0 atom stereocenters. The zero-order valence-corrected chi connectivity index (χ0v) is 13.5. The summed E-state index contributed by atoms with van der Waals surface area (Å²) in [4.78, 5) is 23.1. The third-order valence-electron chi connectivity index (χ3n) is 3.56. The highest BCUT2D eigenvalue weighted by molar-refractivity contribution is 7.89. The fourth-order valence-electron chi connectivity index (χ4n) is 2.00. The molecule has 8 nitrogen and oxygen atoms in total. The van der Waals surface area contributed by atoms with Crippen LogP contribution in [0, 0.1) is 0 Å². The van der Waals surface area contributed by atoms with Crippen LogP contribution in [0.2, 0.25) is 0 Å². The molecule has 22 heavy (non-hydrogen) atoms. The normalized spacial score (nSPS) is 12.1. The van der Waals surface area contributed by atoms with Gasteiger partial charge in [0, 0.05) is 0 Å². The minimum atomic E-state index is -3.78. The van der Waals surface area contributed by atoms with Crippen LogP contribution < -0.4 is 10.0 Å². The van der Waals surface area contributed by atoms with Gasteiger partial charge in [-0.25, -0.2) is 13.1 Å². The Kier molecular flexibility index (Phi) is 5.72. The second-order valence-corrected chi connectivity index (χ2v) is 6.66. The van der Waals surface area contributed by atoms with Crippen molar-refractivity contribution < 1.29 is 27.5 Å². The molecule has 0 aliphatic heterocycles. The Hall–Kier alpha value is -1.87. The van der Waals surface area contributed by atoms with Crippen LogP contribution in [-0.2, 0) is 14.8 Å². The highest BCUT2D eigenvalue weighted by atomic mass is 32.2. The standard InChI is InChI=1S/C13H20N2O6S/c1-4-13(5-2,8-10(16)17)15-12(18)9-6-7-11(21-9)22(19,20)14-3/h6-7,14H,4-5,8H2,1-3H3,(H,15,18)(H,16,17). The lowest BCUT2D eigenvalue weighted by Gasteiger charge is -2.30. The molecule has 3 N–H and O–H groups in total. The van der Waals surface area contributed by atoms with Crippen LogP contribution in [0.4, 0.5) is 0 Å². The Balaban J connectivity index is 2.99. The molecule has 1 aromatic rings. The number of carbonyl (C=O) groups is 2. The zero-order chi connectivity index (χ0) is 17.0. The molecule has 0 unspecified atom stereocenters. The number of hydrogen-bond acceptors (Lipinski definition) is 5. The molecule has 1 aromatic heterocycles. The first-order valence-electron chi connectivity index (χ1n) is 6.77. The monoisotopic (exact) mass is 332 g/mol. The van der Waals surface area contributed by atoms with Crippen molar-refractivity contribution in [2.45, 2.75) is 43.7 Å². The van der Waals surface area contributed by atoms with E-state index in [1.165, 1.54) is 13.1 Å². The molecule has 0 aliphatic rings. The smallest absolute Gasteiger partial charge is 0.305 e. The first kappa shape index (κ1) is 18.2. The Morgan fingerprint density at radius 1 is 1.27 bits per heavy atom. The number of carboxylic acids is 1. The van der Waals surface area contributed by atoms with Crippen LogP contribution in [0.15, 0.2) is 21.6 Å². The van der Waals surface area contributed by atoms with E-state index in [1.807, 2.05) is 0 Å². The molecule has 0 saturated carbocycles. The Morgan fingerprint density at radius 3 is 2.32 bits per heavy atom. The van der Waals surface area contributed by atoms with Crippen molar-refractivity contribution in [2.75, 3.05) is 7.05 Å². The van der Waals surface area contributed by atoms with Gasteiger partial charge in [0.1, 0.15) is 0 Å². The topological polar surface area (TPSA) is 126 Å². The Labute approximate surface area is 128 Å². The first-order valence-corrected chi connectivity index (χ1v) is 8.25. The second-order valence-electron chi connectivity index (χ2n) is 4.84. The number of aliphatic carboxylic acids is 1. The first-order chi connectivity index (χ1) is 10.2. The molecule has 0 aliphatic carbocycles. The average Bonchev–Trinajstić information content (AvgIpc) is 2.96. The molecular formula is C13H20N2O6S. The number of rotatable bonds is 8. The molecule has 0 radical (unpaired) electrons. The highest BCUT2D eigenvalue weighted by Gasteiger charge is 2.32. The number of hydrogen-bond donors (Lipinski definition) is 3. The molecule has 1 amide bonds. The van der Waals surface area contributed by atoms with Crippen LogP contribution in [0.25, 0.3) is 0 Å². The highest BCUT2D eigenvalue weighted by Crippen LogP contribution is 2.21. The minimum Gasteiger partial charge on any atom is -0.481 e. The summed E-state index contributed by atoms with van der Waals surface area (Å²) in [6.07, 6.45) is 0.613. The van der Waals surface area contributed by atoms with Gasteiger partial charge in [0.05, 0.1) is 12.0 Å². The summed E-state index contributed by atoms with van der Waals surface area (Å²) < 4.78 is 30.2. The van der Waals surface area contributed by atoms with Crippen molar-refractivity contribution in [3.63, 3.8) is 0 Å². The molecule has 0 spiro atoms. The van der Waals surface area contributed by atoms with Crippen molar-refractivity contribution >= 4 is 21.9 Å². The van der Waals surface area contributed by atoms with Gasteiger partial charge in [0.15, 0.2) is 5.76 Å². The number of sulfonamides is 1. The van der Waals surface area contributed by atoms with E-state index in [2.05, 4.69) is 10.0 Å². The lowest BCUT2D eigenvalue weighted by molar-refractivity contribution is -0.138. The predicted molar refractivity (Wildman–Crippen MR) is 78.0 cm³/mol. The maximum Gasteiger partial charge on any atom is 0.305 e. The van der Waals surface area contributed by atoms with Crippen LogP contribution in [0.1, 0.15) is 43.7 Å². The van der Waals surface area contributed by atoms with Crippen molar-refractivity contribution in [2.24, 2.45) is 0 Å². The molecule has 1 heterocycles. The van der Waals surface area contributed by atoms with Crippen LogP contribution in [-0.4, -0.2) is 38.0 Å². The summed E-state index contributed by atoms with van der Waals surface area (Å²) >= 11 is 0. The Bertz CT molecular complexity index is 645. The molecule has 0 saturated heterocycles. The quantitative estimate of drug-likeness (QED) is 0.651. The number of amides is 1. The van der Waals surface area contributed by atoms with Gasteiger partial charge >= 0.3 is 5.97 Å². The summed E-state index contributed by atoms with van der Waals surface area (Å²) in [5.74, 6) is -1.87. The SMILES string of the molecule is CCC(CC)(CC(=O)O)NC(=O)c1ccc(S(=O)(=O)NC)o1. The van der Waals surface area contributed by atoms with Gasteiger partial charge in [-0.15, -0.1) is 0 Å². The largest absolute Gasteiger partial charge is 0.481 e. The van der Waals surface area contributed by atoms with E-state index < -0.39 is 27.4 Å². The molecular weight excluding hydrogens is 312 g/mol. The maximum atomic E-state index is 12.2. The van der Waals surface area contributed by atoms with Gasteiger partial charge in [-0.05, 0) is 32.0 Å². The number of furan rings is 1. The lowest BCUT2D eigenvalue weighted by Crippen LogP contribution is -2.49. The molecule has 9 heteroatoms. The molecule has 0 aromatic carbocycles. The minimum absolute atomic E-state index is 0.189. The van der Waals surface area contributed by atoms with Crippen molar-refractivity contribution in [3.05, 3.63) is 17.9 Å². The fraction of sp³-hybridized carbons (Fsp3) is 0.538. The van der Waals surface area contributed by atoms with Crippen LogP contribution in [0.5, 0.6) is 0 Å². The molecule has 0 fully saturated rings. The fourth-order valence-corrected chi connectivity index (χ4v) is 2.65. The molecule has 124 valence electrons. The third kappa shape index (κ3) is 4.08. The molecule has 0 bridgehead atoms. The van der Waals surface area contributed by atoms with Gasteiger partial charge in [0.25, 0.3) is 15.9 Å².